The standard InChI is InChI=1S/C17H17Br2NO4/c1-4-22-17(21)11(3)23-12-5-7-13(8-6-12)24-16-15(19)9-14(18)10(2)20-16/h5-9,11H,4H2,1-3H3. The Morgan fingerprint density at radius 3 is 2.42 bits per heavy atom. The van der Waals surface area contributed by atoms with Gasteiger partial charge in [0.1, 0.15) is 11.5 Å². The third-order valence-electron chi connectivity index (χ3n) is 3.04. The lowest BCUT2D eigenvalue weighted by molar-refractivity contribution is -0.150. The Bertz CT molecular complexity index is 719. The summed E-state index contributed by atoms with van der Waals surface area (Å²) in [6, 6.07) is 8.84. The number of carbonyl (C=O) groups excluding carboxylic acids is 1. The monoisotopic (exact) mass is 457 g/mol. The Kier molecular flexibility index (Phi) is 6.62. The van der Waals surface area contributed by atoms with Gasteiger partial charge in [-0.15, -0.1) is 0 Å². The molecule has 7 heteroatoms. The Labute approximate surface area is 157 Å². The van der Waals surface area contributed by atoms with Crippen molar-refractivity contribution in [2.45, 2.75) is 26.9 Å². The molecule has 24 heavy (non-hydrogen) atoms. The van der Waals surface area contributed by atoms with Crippen molar-refractivity contribution in [2.24, 2.45) is 0 Å². The van der Waals surface area contributed by atoms with E-state index in [1.165, 1.54) is 0 Å². The van der Waals surface area contributed by atoms with Crippen LogP contribution in [0, 0.1) is 6.92 Å². The molecule has 0 saturated carbocycles. The number of hydrogen-bond donors (Lipinski definition) is 0. The van der Waals surface area contributed by atoms with E-state index in [1.807, 2.05) is 13.0 Å². The highest BCUT2D eigenvalue weighted by molar-refractivity contribution is 9.11. The maximum atomic E-state index is 11.6. The summed E-state index contributed by atoms with van der Waals surface area (Å²) in [6.07, 6.45) is -0.665. The summed E-state index contributed by atoms with van der Waals surface area (Å²) >= 11 is 6.84. The highest BCUT2D eigenvalue weighted by atomic mass is 79.9. The van der Waals surface area contributed by atoms with Crippen LogP contribution in [0.5, 0.6) is 17.4 Å². The molecule has 0 radical (unpaired) electrons. The second-order valence-electron chi connectivity index (χ2n) is 4.93. The summed E-state index contributed by atoms with van der Waals surface area (Å²) in [4.78, 5) is 15.9. The van der Waals surface area contributed by atoms with Crippen LogP contribution in [0.25, 0.3) is 0 Å². The van der Waals surface area contributed by atoms with Crippen LogP contribution in [-0.4, -0.2) is 23.7 Å². The molecule has 2 rings (SSSR count). The molecular formula is C17H17Br2NO4. The molecule has 0 N–H and O–H groups in total. The fourth-order valence-corrected chi connectivity index (χ4v) is 2.84. The fourth-order valence-electron chi connectivity index (χ4n) is 1.82. The summed E-state index contributed by atoms with van der Waals surface area (Å²) in [5.74, 6) is 1.25. The predicted octanol–water partition coefficient (Wildman–Crippen LogP) is 5.04. The second kappa shape index (κ2) is 8.48. The topological polar surface area (TPSA) is 57.7 Å². The minimum Gasteiger partial charge on any atom is -0.479 e. The number of aromatic nitrogens is 1. The number of hydrogen-bond acceptors (Lipinski definition) is 5. The lowest BCUT2D eigenvalue weighted by Gasteiger charge is -2.14. The highest BCUT2D eigenvalue weighted by Gasteiger charge is 2.15. The first-order chi connectivity index (χ1) is 11.4. The first-order valence-corrected chi connectivity index (χ1v) is 8.93. The van der Waals surface area contributed by atoms with Gasteiger partial charge in [0.05, 0.1) is 16.8 Å². The van der Waals surface area contributed by atoms with Crippen LogP contribution in [0.15, 0.2) is 39.3 Å². The number of benzene rings is 1. The van der Waals surface area contributed by atoms with Crippen molar-refractivity contribution in [3.63, 3.8) is 0 Å². The third kappa shape index (κ3) is 4.95. The van der Waals surface area contributed by atoms with E-state index in [0.717, 1.165) is 14.6 Å². The summed E-state index contributed by atoms with van der Waals surface area (Å²) in [7, 11) is 0. The largest absolute Gasteiger partial charge is 0.479 e. The van der Waals surface area contributed by atoms with Gasteiger partial charge >= 0.3 is 5.97 Å². The molecule has 0 amide bonds. The lowest BCUT2D eigenvalue weighted by atomic mass is 10.3. The third-order valence-corrected chi connectivity index (χ3v) is 4.41. The van der Waals surface area contributed by atoms with E-state index in [-0.39, 0.29) is 0 Å². The van der Waals surface area contributed by atoms with Gasteiger partial charge in [-0.05, 0) is 83.0 Å². The van der Waals surface area contributed by atoms with Gasteiger partial charge in [0.25, 0.3) is 0 Å². The van der Waals surface area contributed by atoms with E-state index < -0.39 is 12.1 Å². The van der Waals surface area contributed by atoms with Gasteiger partial charge in [-0.2, -0.15) is 0 Å². The van der Waals surface area contributed by atoms with Gasteiger partial charge in [0, 0.05) is 4.47 Å². The molecule has 1 aromatic heterocycles. The van der Waals surface area contributed by atoms with Crippen LogP contribution < -0.4 is 9.47 Å². The van der Waals surface area contributed by atoms with E-state index in [9.17, 15) is 4.79 Å². The summed E-state index contributed by atoms with van der Waals surface area (Å²) in [5.41, 5.74) is 0.830. The number of ether oxygens (including phenoxy) is 3. The van der Waals surface area contributed by atoms with E-state index in [4.69, 9.17) is 14.2 Å². The molecule has 1 unspecified atom stereocenters. The number of halogens is 2. The van der Waals surface area contributed by atoms with Gasteiger partial charge in [0.15, 0.2) is 6.10 Å². The summed E-state index contributed by atoms with van der Waals surface area (Å²) in [6.45, 7) is 5.62. The second-order valence-corrected chi connectivity index (χ2v) is 6.64. The summed E-state index contributed by atoms with van der Waals surface area (Å²) < 4.78 is 17.9. The Morgan fingerprint density at radius 2 is 1.79 bits per heavy atom. The van der Waals surface area contributed by atoms with Gasteiger partial charge < -0.3 is 14.2 Å². The number of aryl methyl sites for hydroxylation is 1. The van der Waals surface area contributed by atoms with Crippen molar-refractivity contribution in [1.29, 1.82) is 0 Å². The Morgan fingerprint density at radius 1 is 1.17 bits per heavy atom. The van der Waals surface area contributed by atoms with Crippen LogP contribution >= 0.6 is 31.9 Å². The van der Waals surface area contributed by atoms with Crippen LogP contribution in [-0.2, 0) is 9.53 Å². The Balaban J connectivity index is 2.05. The number of esters is 1. The zero-order chi connectivity index (χ0) is 17.7. The molecule has 0 fully saturated rings. The molecule has 2 aromatic rings. The molecule has 0 saturated heterocycles. The normalized spacial score (nSPS) is 11.7. The highest BCUT2D eigenvalue weighted by Crippen LogP contribution is 2.32. The zero-order valence-electron chi connectivity index (χ0n) is 13.5. The lowest BCUT2D eigenvalue weighted by Crippen LogP contribution is -2.25. The maximum Gasteiger partial charge on any atom is 0.347 e. The summed E-state index contributed by atoms with van der Waals surface area (Å²) in [5, 5.41) is 0. The van der Waals surface area contributed by atoms with Crippen LogP contribution in [0.2, 0.25) is 0 Å². The molecule has 128 valence electrons. The van der Waals surface area contributed by atoms with Crippen LogP contribution in [0.1, 0.15) is 19.5 Å². The molecule has 1 atom stereocenters. The SMILES string of the molecule is CCOC(=O)C(C)Oc1ccc(Oc2nc(C)c(Br)cc2Br)cc1. The van der Waals surface area contributed by atoms with E-state index in [1.54, 1.807) is 38.1 Å². The van der Waals surface area contributed by atoms with Crippen molar-refractivity contribution in [2.75, 3.05) is 6.61 Å². The number of nitrogens with zero attached hydrogens (tertiary/aromatic N) is 1. The average molecular weight is 459 g/mol. The molecule has 1 aromatic carbocycles. The van der Waals surface area contributed by atoms with E-state index >= 15 is 0 Å². The fraction of sp³-hybridized carbons (Fsp3) is 0.294. The van der Waals surface area contributed by atoms with Crippen LogP contribution in [0.4, 0.5) is 0 Å². The van der Waals surface area contributed by atoms with Crippen LogP contribution in [0.3, 0.4) is 0 Å². The first-order valence-electron chi connectivity index (χ1n) is 7.34. The molecule has 0 bridgehead atoms. The number of carbonyl (C=O) groups is 1. The van der Waals surface area contributed by atoms with Gasteiger partial charge in [-0.1, -0.05) is 0 Å². The van der Waals surface area contributed by atoms with E-state index in [2.05, 4.69) is 36.8 Å². The van der Waals surface area contributed by atoms with E-state index in [0.29, 0.717) is 24.0 Å². The smallest absolute Gasteiger partial charge is 0.347 e. The molecule has 1 heterocycles. The van der Waals surface area contributed by atoms with Crippen molar-refractivity contribution >= 4 is 37.8 Å². The zero-order valence-corrected chi connectivity index (χ0v) is 16.7. The van der Waals surface area contributed by atoms with Gasteiger partial charge in [-0.3, -0.25) is 0 Å². The molecule has 0 aliphatic heterocycles. The van der Waals surface area contributed by atoms with Crippen molar-refractivity contribution < 1.29 is 19.0 Å². The molecule has 0 spiro atoms. The van der Waals surface area contributed by atoms with Gasteiger partial charge in [-0.25, -0.2) is 9.78 Å². The van der Waals surface area contributed by atoms with Crippen molar-refractivity contribution in [3.05, 3.63) is 45.0 Å². The molecule has 0 aliphatic rings. The number of pyridine rings is 1. The molecule has 0 aliphatic carbocycles. The van der Waals surface area contributed by atoms with Crippen molar-refractivity contribution in [1.82, 2.24) is 4.98 Å². The average Bonchev–Trinajstić information content (AvgIpc) is 2.54. The minimum absolute atomic E-state index is 0.327. The predicted molar refractivity (Wildman–Crippen MR) is 97.6 cm³/mol. The van der Waals surface area contributed by atoms with Gasteiger partial charge in [0.2, 0.25) is 5.88 Å². The van der Waals surface area contributed by atoms with Crippen molar-refractivity contribution in [3.8, 4) is 17.4 Å². The Hall–Kier alpha value is -1.60. The quantitative estimate of drug-likeness (QED) is 0.567. The maximum absolute atomic E-state index is 11.6. The molecule has 5 nitrogen and oxygen atoms in total. The number of rotatable bonds is 6. The minimum atomic E-state index is -0.665. The molecular weight excluding hydrogens is 442 g/mol. The first kappa shape index (κ1) is 18.7.